The zero-order chi connectivity index (χ0) is 13.1. The molecule has 0 saturated carbocycles. The summed E-state index contributed by atoms with van der Waals surface area (Å²) in [5.41, 5.74) is 2.12. The average molecular weight is 270 g/mol. The molecule has 1 unspecified atom stereocenters. The van der Waals surface area contributed by atoms with Crippen LogP contribution in [0.25, 0.3) is 0 Å². The predicted molar refractivity (Wildman–Crippen MR) is 74.1 cm³/mol. The van der Waals surface area contributed by atoms with Crippen LogP contribution in [0, 0.1) is 6.92 Å². The first-order valence-corrected chi connectivity index (χ1v) is 6.68. The molecule has 100 valence electrons. The van der Waals surface area contributed by atoms with Crippen molar-refractivity contribution < 1.29 is 9.47 Å². The second-order valence-electron chi connectivity index (χ2n) is 4.70. The zero-order valence-corrected chi connectivity index (χ0v) is 11.9. The molecule has 1 N–H and O–H groups in total. The molecular formula is C14H20ClNO2. The van der Waals surface area contributed by atoms with Crippen LogP contribution < -0.4 is 14.8 Å². The van der Waals surface area contributed by atoms with Crippen LogP contribution in [-0.2, 0) is 0 Å². The highest BCUT2D eigenvalue weighted by molar-refractivity contribution is 6.32. The number of hydrogen-bond acceptors (Lipinski definition) is 3. The molecule has 1 saturated heterocycles. The molecule has 1 aliphatic heterocycles. The molecule has 1 atom stereocenters. The second-order valence-corrected chi connectivity index (χ2v) is 5.08. The van der Waals surface area contributed by atoms with Gasteiger partial charge in [0.15, 0.2) is 11.5 Å². The van der Waals surface area contributed by atoms with Crippen LogP contribution >= 0.6 is 11.6 Å². The largest absolute Gasteiger partial charge is 0.493 e. The highest BCUT2D eigenvalue weighted by atomic mass is 35.5. The van der Waals surface area contributed by atoms with E-state index >= 15 is 0 Å². The molecule has 4 heteroatoms. The first-order chi connectivity index (χ1) is 8.69. The van der Waals surface area contributed by atoms with Gasteiger partial charge in [-0.3, -0.25) is 0 Å². The molecule has 2 rings (SSSR count). The number of rotatable bonds is 3. The molecule has 3 nitrogen and oxygen atoms in total. The second kappa shape index (κ2) is 5.81. The lowest BCUT2D eigenvalue weighted by Crippen LogP contribution is -2.28. The summed E-state index contributed by atoms with van der Waals surface area (Å²) in [5.74, 6) is 1.94. The minimum Gasteiger partial charge on any atom is -0.493 e. The fraction of sp³-hybridized carbons (Fsp3) is 0.571. The Hall–Kier alpha value is -0.930. The van der Waals surface area contributed by atoms with Gasteiger partial charge in [0, 0.05) is 18.0 Å². The van der Waals surface area contributed by atoms with E-state index in [2.05, 4.69) is 5.32 Å². The Bertz CT molecular complexity index is 428. The number of piperidine rings is 1. The third-order valence-electron chi connectivity index (χ3n) is 3.53. The zero-order valence-electron chi connectivity index (χ0n) is 11.2. The Kier molecular flexibility index (Phi) is 4.36. The number of benzene rings is 1. The van der Waals surface area contributed by atoms with Gasteiger partial charge < -0.3 is 14.8 Å². The maximum atomic E-state index is 6.48. The van der Waals surface area contributed by atoms with Crippen molar-refractivity contribution in [2.24, 2.45) is 0 Å². The molecule has 0 aliphatic carbocycles. The molecule has 1 aromatic carbocycles. The Morgan fingerprint density at radius 1 is 1.33 bits per heavy atom. The van der Waals surface area contributed by atoms with E-state index in [9.17, 15) is 0 Å². The van der Waals surface area contributed by atoms with E-state index in [0.29, 0.717) is 5.92 Å². The Morgan fingerprint density at radius 3 is 2.67 bits per heavy atom. The summed E-state index contributed by atoms with van der Waals surface area (Å²) < 4.78 is 10.9. The van der Waals surface area contributed by atoms with E-state index in [4.69, 9.17) is 21.1 Å². The lowest BCUT2D eigenvalue weighted by molar-refractivity contribution is 0.344. The van der Waals surface area contributed by atoms with E-state index in [-0.39, 0.29) is 0 Å². The summed E-state index contributed by atoms with van der Waals surface area (Å²) in [4.78, 5) is 0. The van der Waals surface area contributed by atoms with Crippen LogP contribution in [-0.4, -0.2) is 27.3 Å². The van der Waals surface area contributed by atoms with Crippen molar-refractivity contribution in [1.29, 1.82) is 0 Å². The monoisotopic (exact) mass is 269 g/mol. The van der Waals surface area contributed by atoms with Crippen molar-refractivity contribution >= 4 is 11.6 Å². The van der Waals surface area contributed by atoms with Crippen molar-refractivity contribution in [2.45, 2.75) is 25.7 Å². The van der Waals surface area contributed by atoms with Crippen LogP contribution in [0.5, 0.6) is 11.5 Å². The average Bonchev–Trinajstić information content (AvgIpc) is 2.42. The van der Waals surface area contributed by atoms with Gasteiger partial charge in [0.2, 0.25) is 0 Å². The molecule has 0 bridgehead atoms. The van der Waals surface area contributed by atoms with Crippen molar-refractivity contribution in [2.75, 3.05) is 27.3 Å². The number of halogens is 1. The summed E-state index contributed by atoms with van der Waals surface area (Å²) >= 11 is 6.48. The fourth-order valence-corrected chi connectivity index (χ4v) is 2.89. The summed E-state index contributed by atoms with van der Waals surface area (Å²) in [6.07, 6.45) is 2.30. The van der Waals surface area contributed by atoms with Gasteiger partial charge in [0.05, 0.1) is 19.2 Å². The first kappa shape index (κ1) is 13.5. The SMILES string of the molecule is COc1cc(C)c(Cl)c(C2CCCNC2)c1OC. The normalized spacial score (nSPS) is 19.7. The van der Waals surface area contributed by atoms with Gasteiger partial charge in [-0.05, 0) is 37.9 Å². The van der Waals surface area contributed by atoms with E-state index in [1.807, 2.05) is 13.0 Å². The smallest absolute Gasteiger partial charge is 0.165 e. The van der Waals surface area contributed by atoms with Gasteiger partial charge >= 0.3 is 0 Å². The maximum Gasteiger partial charge on any atom is 0.165 e. The van der Waals surface area contributed by atoms with Crippen molar-refractivity contribution in [3.05, 3.63) is 22.2 Å². The van der Waals surface area contributed by atoms with Gasteiger partial charge in [0.25, 0.3) is 0 Å². The Morgan fingerprint density at radius 2 is 2.11 bits per heavy atom. The molecule has 1 fully saturated rings. The summed E-state index contributed by atoms with van der Waals surface area (Å²) in [6.45, 7) is 4.03. The van der Waals surface area contributed by atoms with Gasteiger partial charge in [-0.2, -0.15) is 0 Å². The van der Waals surface area contributed by atoms with Crippen LogP contribution in [0.3, 0.4) is 0 Å². The fourth-order valence-electron chi connectivity index (χ4n) is 2.60. The quantitative estimate of drug-likeness (QED) is 0.915. The number of ether oxygens (including phenoxy) is 2. The van der Waals surface area contributed by atoms with Crippen molar-refractivity contribution in [1.82, 2.24) is 5.32 Å². The van der Waals surface area contributed by atoms with Crippen LogP contribution in [0.2, 0.25) is 5.02 Å². The van der Waals surface area contributed by atoms with Crippen LogP contribution in [0.4, 0.5) is 0 Å². The van der Waals surface area contributed by atoms with Gasteiger partial charge in [-0.25, -0.2) is 0 Å². The number of hydrogen-bond donors (Lipinski definition) is 1. The predicted octanol–water partition coefficient (Wildman–Crippen LogP) is 3.13. The standard InChI is InChI=1S/C14H20ClNO2/c1-9-7-11(17-2)14(18-3)12(13(9)15)10-5-4-6-16-8-10/h7,10,16H,4-6,8H2,1-3H3. The topological polar surface area (TPSA) is 30.5 Å². The van der Waals surface area contributed by atoms with Gasteiger partial charge in [-0.1, -0.05) is 11.6 Å². The first-order valence-electron chi connectivity index (χ1n) is 6.30. The lowest BCUT2D eigenvalue weighted by atomic mass is 9.89. The van der Waals surface area contributed by atoms with Crippen LogP contribution in [0.1, 0.15) is 29.9 Å². The molecule has 0 amide bonds. The molecule has 18 heavy (non-hydrogen) atoms. The van der Waals surface area contributed by atoms with Crippen molar-refractivity contribution in [3.63, 3.8) is 0 Å². The van der Waals surface area contributed by atoms with E-state index in [0.717, 1.165) is 47.2 Å². The molecule has 0 radical (unpaired) electrons. The van der Waals surface area contributed by atoms with Gasteiger partial charge in [0.1, 0.15) is 0 Å². The van der Waals surface area contributed by atoms with Crippen molar-refractivity contribution in [3.8, 4) is 11.5 Å². The summed E-state index contributed by atoms with van der Waals surface area (Å²) in [7, 11) is 3.33. The number of aryl methyl sites for hydroxylation is 1. The minimum absolute atomic E-state index is 0.398. The third-order valence-corrected chi connectivity index (χ3v) is 4.03. The van der Waals surface area contributed by atoms with E-state index in [1.54, 1.807) is 14.2 Å². The van der Waals surface area contributed by atoms with Gasteiger partial charge in [-0.15, -0.1) is 0 Å². The lowest BCUT2D eigenvalue weighted by Gasteiger charge is -2.27. The highest BCUT2D eigenvalue weighted by Gasteiger charge is 2.25. The Balaban J connectivity index is 2.51. The number of nitrogens with one attached hydrogen (secondary N) is 1. The molecular weight excluding hydrogens is 250 g/mol. The summed E-state index contributed by atoms with van der Waals surface area (Å²) in [5, 5.41) is 4.22. The molecule has 0 aromatic heterocycles. The summed E-state index contributed by atoms with van der Waals surface area (Å²) in [6, 6.07) is 1.93. The van der Waals surface area contributed by atoms with E-state index in [1.165, 1.54) is 6.42 Å². The minimum atomic E-state index is 0.398. The molecule has 0 spiro atoms. The Labute approximate surface area is 113 Å². The highest BCUT2D eigenvalue weighted by Crippen LogP contribution is 2.44. The molecule has 1 heterocycles. The van der Waals surface area contributed by atoms with Crippen LogP contribution in [0.15, 0.2) is 6.07 Å². The number of methoxy groups -OCH3 is 2. The molecule has 1 aliphatic rings. The van der Waals surface area contributed by atoms with E-state index < -0.39 is 0 Å². The molecule has 1 aromatic rings. The third kappa shape index (κ3) is 2.43. The maximum absolute atomic E-state index is 6.48.